The van der Waals surface area contributed by atoms with Crippen molar-refractivity contribution >= 4 is 11.6 Å². The summed E-state index contributed by atoms with van der Waals surface area (Å²) in [5.41, 5.74) is 2.98. The molecule has 0 spiro atoms. The van der Waals surface area contributed by atoms with Gasteiger partial charge in [-0.05, 0) is 30.5 Å². The summed E-state index contributed by atoms with van der Waals surface area (Å²) in [5.74, 6) is 0.0484. The minimum atomic E-state index is -0.259. The van der Waals surface area contributed by atoms with Crippen molar-refractivity contribution in [1.82, 2.24) is 4.90 Å². The first kappa shape index (κ1) is 13.4. The van der Waals surface area contributed by atoms with Crippen molar-refractivity contribution in [3.63, 3.8) is 0 Å². The van der Waals surface area contributed by atoms with Gasteiger partial charge in [0.1, 0.15) is 0 Å². The van der Waals surface area contributed by atoms with E-state index in [1.807, 2.05) is 18.2 Å². The van der Waals surface area contributed by atoms with Crippen LogP contribution in [0, 0.1) is 0 Å². The summed E-state index contributed by atoms with van der Waals surface area (Å²) >= 11 is 0. The number of aliphatic hydroxyl groups excluding tert-OH is 1. The molecule has 1 unspecified atom stereocenters. The highest BCUT2D eigenvalue weighted by Crippen LogP contribution is 2.26. The Morgan fingerprint density at radius 2 is 2.40 bits per heavy atom. The van der Waals surface area contributed by atoms with Gasteiger partial charge in [0.05, 0.1) is 19.3 Å². The molecule has 1 aromatic rings. The summed E-state index contributed by atoms with van der Waals surface area (Å²) in [7, 11) is 0. The molecule has 0 radical (unpaired) electrons. The Morgan fingerprint density at radius 1 is 1.50 bits per heavy atom. The molecule has 5 nitrogen and oxygen atoms in total. The molecule has 1 atom stereocenters. The van der Waals surface area contributed by atoms with Crippen molar-refractivity contribution in [3.8, 4) is 0 Å². The van der Waals surface area contributed by atoms with Crippen LogP contribution in [0.15, 0.2) is 18.2 Å². The standard InChI is InChI=1S/C15H20N2O3/c18-10-11-9-17(7-8-20-11)15(19)13-3-1-5-14-12(13)4-2-6-16-14/h1,3,5,11,16,18H,2,4,6-10H2. The molecular weight excluding hydrogens is 256 g/mol. The fourth-order valence-corrected chi connectivity index (χ4v) is 2.89. The van der Waals surface area contributed by atoms with Crippen molar-refractivity contribution < 1.29 is 14.6 Å². The van der Waals surface area contributed by atoms with E-state index in [0.717, 1.165) is 36.2 Å². The first-order valence-corrected chi connectivity index (χ1v) is 7.17. The third kappa shape index (κ3) is 2.51. The number of nitrogens with zero attached hydrogens (tertiary/aromatic N) is 1. The average Bonchev–Trinajstić information content (AvgIpc) is 2.53. The van der Waals surface area contributed by atoms with Crippen molar-refractivity contribution in [2.75, 3.05) is 38.2 Å². The zero-order valence-electron chi connectivity index (χ0n) is 11.5. The van der Waals surface area contributed by atoms with Gasteiger partial charge in [0.2, 0.25) is 0 Å². The van der Waals surface area contributed by atoms with E-state index in [4.69, 9.17) is 4.74 Å². The lowest BCUT2D eigenvalue weighted by Gasteiger charge is -2.33. The summed E-state index contributed by atoms with van der Waals surface area (Å²) in [5, 5.41) is 12.5. The maximum Gasteiger partial charge on any atom is 0.254 e. The smallest absolute Gasteiger partial charge is 0.254 e. The number of ether oxygens (including phenoxy) is 1. The fraction of sp³-hybridized carbons (Fsp3) is 0.533. The van der Waals surface area contributed by atoms with Crippen LogP contribution in [-0.2, 0) is 11.2 Å². The second-order valence-electron chi connectivity index (χ2n) is 5.29. The number of carbonyl (C=O) groups is 1. The third-order valence-electron chi connectivity index (χ3n) is 3.96. The second-order valence-corrected chi connectivity index (χ2v) is 5.29. The van der Waals surface area contributed by atoms with Crippen LogP contribution in [0.4, 0.5) is 5.69 Å². The van der Waals surface area contributed by atoms with Gasteiger partial charge in [-0.3, -0.25) is 4.79 Å². The van der Waals surface area contributed by atoms with Crippen LogP contribution in [0.25, 0.3) is 0 Å². The molecule has 0 aliphatic carbocycles. The second kappa shape index (κ2) is 5.81. The zero-order valence-corrected chi connectivity index (χ0v) is 11.5. The lowest BCUT2D eigenvalue weighted by molar-refractivity contribution is -0.0447. The number of morpholine rings is 1. The first-order valence-electron chi connectivity index (χ1n) is 7.17. The SMILES string of the molecule is O=C(c1cccc2c1CCCN2)N1CCOC(CO)C1. The van der Waals surface area contributed by atoms with E-state index < -0.39 is 0 Å². The largest absolute Gasteiger partial charge is 0.394 e. The number of anilines is 1. The van der Waals surface area contributed by atoms with Crippen LogP contribution in [0.2, 0.25) is 0 Å². The Kier molecular flexibility index (Phi) is 3.89. The Hall–Kier alpha value is -1.59. The molecule has 0 bridgehead atoms. The lowest BCUT2D eigenvalue weighted by atomic mass is 9.96. The molecule has 1 amide bonds. The monoisotopic (exact) mass is 276 g/mol. The number of carbonyl (C=O) groups excluding carboxylic acids is 1. The molecule has 1 saturated heterocycles. The Labute approximate surface area is 118 Å². The summed E-state index contributed by atoms with van der Waals surface area (Å²) in [6.07, 6.45) is 1.74. The van der Waals surface area contributed by atoms with Gasteiger partial charge in [-0.2, -0.15) is 0 Å². The Bertz CT molecular complexity index is 504. The van der Waals surface area contributed by atoms with Gasteiger partial charge < -0.3 is 20.1 Å². The van der Waals surface area contributed by atoms with E-state index in [0.29, 0.717) is 19.7 Å². The van der Waals surface area contributed by atoms with Crippen LogP contribution in [0.5, 0.6) is 0 Å². The fourth-order valence-electron chi connectivity index (χ4n) is 2.89. The van der Waals surface area contributed by atoms with Gasteiger partial charge in [-0.25, -0.2) is 0 Å². The van der Waals surface area contributed by atoms with E-state index in [1.54, 1.807) is 4.90 Å². The van der Waals surface area contributed by atoms with Gasteiger partial charge in [0.25, 0.3) is 5.91 Å². The van der Waals surface area contributed by atoms with Gasteiger partial charge in [0.15, 0.2) is 0 Å². The predicted molar refractivity (Wildman–Crippen MR) is 76.0 cm³/mol. The number of fused-ring (bicyclic) bond motifs is 1. The van der Waals surface area contributed by atoms with Gasteiger partial charge in [-0.15, -0.1) is 0 Å². The van der Waals surface area contributed by atoms with Crippen molar-refractivity contribution in [2.45, 2.75) is 18.9 Å². The number of benzene rings is 1. The molecule has 2 N–H and O–H groups in total. The minimum absolute atomic E-state index is 0.0434. The highest BCUT2D eigenvalue weighted by Gasteiger charge is 2.27. The minimum Gasteiger partial charge on any atom is -0.394 e. The Morgan fingerprint density at radius 3 is 3.25 bits per heavy atom. The van der Waals surface area contributed by atoms with Crippen molar-refractivity contribution in [2.24, 2.45) is 0 Å². The number of aliphatic hydroxyl groups is 1. The maximum absolute atomic E-state index is 12.7. The molecule has 0 aromatic heterocycles. The van der Waals surface area contributed by atoms with Crippen LogP contribution in [0.3, 0.4) is 0 Å². The number of hydrogen-bond donors (Lipinski definition) is 2. The number of nitrogens with one attached hydrogen (secondary N) is 1. The van der Waals surface area contributed by atoms with E-state index in [-0.39, 0.29) is 18.6 Å². The summed E-state index contributed by atoms with van der Waals surface area (Å²) < 4.78 is 5.40. The molecular formula is C15H20N2O3. The highest BCUT2D eigenvalue weighted by molar-refractivity contribution is 5.97. The molecule has 5 heteroatoms. The van der Waals surface area contributed by atoms with Crippen LogP contribution < -0.4 is 5.32 Å². The molecule has 20 heavy (non-hydrogen) atoms. The first-order chi connectivity index (χ1) is 9.79. The molecule has 2 aliphatic rings. The quantitative estimate of drug-likeness (QED) is 0.841. The van der Waals surface area contributed by atoms with Crippen LogP contribution in [0.1, 0.15) is 22.3 Å². The molecule has 2 heterocycles. The average molecular weight is 276 g/mol. The zero-order chi connectivity index (χ0) is 13.9. The molecule has 1 fully saturated rings. The lowest BCUT2D eigenvalue weighted by Crippen LogP contribution is -2.47. The van der Waals surface area contributed by atoms with E-state index in [1.165, 1.54) is 0 Å². The molecule has 2 aliphatic heterocycles. The van der Waals surface area contributed by atoms with Crippen LogP contribution in [-0.4, -0.2) is 54.9 Å². The number of amides is 1. The van der Waals surface area contributed by atoms with E-state index in [9.17, 15) is 9.90 Å². The van der Waals surface area contributed by atoms with E-state index in [2.05, 4.69) is 5.32 Å². The van der Waals surface area contributed by atoms with Crippen molar-refractivity contribution in [3.05, 3.63) is 29.3 Å². The predicted octanol–water partition coefficient (Wildman–Crippen LogP) is 0.878. The number of rotatable bonds is 2. The molecule has 1 aromatic carbocycles. The van der Waals surface area contributed by atoms with Gasteiger partial charge in [0, 0.05) is 30.9 Å². The summed E-state index contributed by atoms with van der Waals surface area (Å²) in [6, 6.07) is 5.85. The molecule has 0 saturated carbocycles. The Balaban J connectivity index is 1.83. The highest BCUT2D eigenvalue weighted by atomic mass is 16.5. The molecule has 108 valence electrons. The summed E-state index contributed by atoms with van der Waals surface area (Å²) in [4.78, 5) is 14.5. The topological polar surface area (TPSA) is 61.8 Å². The van der Waals surface area contributed by atoms with Gasteiger partial charge >= 0.3 is 0 Å². The molecule has 3 rings (SSSR count). The van der Waals surface area contributed by atoms with Gasteiger partial charge in [-0.1, -0.05) is 6.07 Å². The summed E-state index contributed by atoms with van der Waals surface area (Å²) in [6.45, 7) is 2.47. The van der Waals surface area contributed by atoms with E-state index >= 15 is 0 Å². The third-order valence-corrected chi connectivity index (χ3v) is 3.96. The maximum atomic E-state index is 12.7. The normalized spacial score (nSPS) is 22.1. The van der Waals surface area contributed by atoms with Crippen molar-refractivity contribution in [1.29, 1.82) is 0 Å². The van der Waals surface area contributed by atoms with Crippen LogP contribution >= 0.6 is 0 Å². The number of hydrogen-bond acceptors (Lipinski definition) is 4.